The predicted molar refractivity (Wildman–Crippen MR) is 99.1 cm³/mol. The topological polar surface area (TPSA) is 113 Å². The van der Waals surface area contributed by atoms with Crippen molar-refractivity contribution in [1.82, 2.24) is 10.6 Å². The van der Waals surface area contributed by atoms with Crippen LogP contribution in [0, 0.1) is 0 Å². The lowest BCUT2D eigenvalue weighted by molar-refractivity contribution is -0.122. The Bertz CT molecular complexity index is 760. The fourth-order valence-corrected chi connectivity index (χ4v) is 2.49. The summed E-state index contributed by atoms with van der Waals surface area (Å²) < 4.78 is 0. The van der Waals surface area contributed by atoms with Gasteiger partial charge in [0.1, 0.15) is 0 Å². The molecule has 136 valence electrons. The zero-order valence-electron chi connectivity index (χ0n) is 14.5. The lowest BCUT2D eigenvalue weighted by atomic mass is 10.0. The van der Waals surface area contributed by atoms with Gasteiger partial charge in [-0.1, -0.05) is 42.5 Å². The summed E-state index contributed by atoms with van der Waals surface area (Å²) in [5, 5.41) is 8.10. The highest BCUT2D eigenvalue weighted by Crippen LogP contribution is 2.16. The highest BCUT2D eigenvalue weighted by atomic mass is 16.2. The van der Waals surface area contributed by atoms with E-state index in [1.807, 2.05) is 30.3 Å². The number of nitrogens with two attached hydrogens (primary N) is 1. The lowest BCUT2D eigenvalue weighted by Gasteiger charge is -2.18. The summed E-state index contributed by atoms with van der Waals surface area (Å²) in [4.78, 5) is 34.5. The normalized spacial score (nSPS) is 11.3. The molecule has 2 rings (SSSR count). The van der Waals surface area contributed by atoms with Gasteiger partial charge in [-0.3, -0.25) is 9.59 Å². The average Bonchev–Trinajstić information content (AvgIpc) is 2.60. The zero-order chi connectivity index (χ0) is 18.9. The Labute approximate surface area is 152 Å². The number of anilines is 1. The maximum atomic E-state index is 12.3. The van der Waals surface area contributed by atoms with Crippen LogP contribution in [0.1, 0.15) is 30.5 Å². The third-order valence-electron chi connectivity index (χ3n) is 3.68. The van der Waals surface area contributed by atoms with Crippen molar-refractivity contribution >= 4 is 23.5 Å². The van der Waals surface area contributed by atoms with E-state index in [1.165, 1.54) is 6.92 Å². The van der Waals surface area contributed by atoms with Crippen LogP contribution >= 0.6 is 0 Å². The van der Waals surface area contributed by atoms with E-state index >= 15 is 0 Å². The van der Waals surface area contributed by atoms with E-state index in [0.29, 0.717) is 12.2 Å². The number of rotatable bonds is 7. The molecule has 0 aliphatic heterocycles. The van der Waals surface area contributed by atoms with Crippen molar-refractivity contribution in [3.05, 3.63) is 65.7 Å². The molecule has 0 radical (unpaired) electrons. The van der Waals surface area contributed by atoms with Gasteiger partial charge in [-0.15, -0.1) is 0 Å². The number of benzene rings is 2. The fraction of sp³-hybridized carbons (Fsp3) is 0.211. The molecule has 7 nitrogen and oxygen atoms in total. The Balaban J connectivity index is 1.91. The van der Waals surface area contributed by atoms with Crippen molar-refractivity contribution < 1.29 is 14.4 Å². The van der Waals surface area contributed by atoms with E-state index < -0.39 is 6.03 Å². The maximum Gasteiger partial charge on any atom is 0.316 e. The largest absolute Gasteiger partial charge is 0.352 e. The van der Waals surface area contributed by atoms with Gasteiger partial charge in [-0.05, 0) is 23.3 Å². The number of carbonyl (C=O) groups excluding carboxylic acids is 3. The van der Waals surface area contributed by atoms with Crippen LogP contribution in [0.3, 0.4) is 0 Å². The van der Waals surface area contributed by atoms with Gasteiger partial charge in [0, 0.05) is 19.2 Å². The minimum atomic E-state index is -0.629. The molecule has 0 aliphatic rings. The molecule has 1 atom stereocenters. The minimum Gasteiger partial charge on any atom is -0.352 e. The fourth-order valence-electron chi connectivity index (χ4n) is 2.49. The number of primary amides is 1. The summed E-state index contributed by atoms with van der Waals surface area (Å²) in [7, 11) is 0. The Morgan fingerprint density at radius 1 is 1.00 bits per heavy atom. The van der Waals surface area contributed by atoms with E-state index in [-0.39, 0.29) is 24.3 Å². The van der Waals surface area contributed by atoms with Gasteiger partial charge >= 0.3 is 6.03 Å². The van der Waals surface area contributed by atoms with Crippen molar-refractivity contribution in [2.45, 2.75) is 25.9 Å². The van der Waals surface area contributed by atoms with Crippen molar-refractivity contribution in [3.8, 4) is 0 Å². The molecule has 0 spiro atoms. The van der Waals surface area contributed by atoms with Crippen LogP contribution in [0.2, 0.25) is 0 Å². The number of nitrogens with one attached hydrogen (secondary N) is 3. The predicted octanol–water partition coefficient (Wildman–Crippen LogP) is 2.06. The summed E-state index contributed by atoms with van der Waals surface area (Å²) in [6.45, 7) is 1.77. The summed E-state index contributed by atoms with van der Waals surface area (Å²) >= 11 is 0. The molecule has 2 aromatic rings. The first-order chi connectivity index (χ1) is 12.4. The van der Waals surface area contributed by atoms with Gasteiger partial charge in [0.2, 0.25) is 11.8 Å². The van der Waals surface area contributed by atoms with Gasteiger partial charge in [-0.2, -0.15) is 0 Å². The summed E-state index contributed by atoms with van der Waals surface area (Å²) in [6, 6.07) is 15.3. The number of hydrogen-bond donors (Lipinski definition) is 4. The third kappa shape index (κ3) is 6.27. The van der Waals surface area contributed by atoms with E-state index in [2.05, 4.69) is 16.0 Å². The molecule has 5 N–H and O–H groups in total. The van der Waals surface area contributed by atoms with Crippen molar-refractivity contribution in [3.63, 3.8) is 0 Å². The monoisotopic (exact) mass is 354 g/mol. The van der Waals surface area contributed by atoms with Gasteiger partial charge < -0.3 is 21.7 Å². The molecular weight excluding hydrogens is 332 g/mol. The molecule has 0 bridgehead atoms. The molecule has 7 heteroatoms. The molecule has 0 aliphatic carbocycles. The molecular formula is C19H22N4O3. The quantitative estimate of drug-likeness (QED) is 0.610. The maximum absolute atomic E-state index is 12.3. The number of urea groups is 1. The standard InChI is InChI=1S/C19H22N4O3/c1-13(24)22-17(15-5-3-2-4-6-15)11-18(25)21-12-14-7-9-16(10-8-14)23-19(20)26/h2-10,17H,11-12H2,1H3,(H,21,25)(H,22,24)(H3,20,23,26). The average molecular weight is 354 g/mol. The van der Waals surface area contributed by atoms with E-state index in [0.717, 1.165) is 11.1 Å². The Morgan fingerprint density at radius 2 is 1.65 bits per heavy atom. The molecule has 26 heavy (non-hydrogen) atoms. The second-order valence-corrected chi connectivity index (χ2v) is 5.83. The molecule has 0 saturated heterocycles. The van der Waals surface area contributed by atoms with E-state index in [1.54, 1.807) is 24.3 Å². The smallest absolute Gasteiger partial charge is 0.316 e. The van der Waals surface area contributed by atoms with Crippen LogP contribution < -0.4 is 21.7 Å². The van der Waals surface area contributed by atoms with Crippen LogP contribution in [-0.2, 0) is 16.1 Å². The van der Waals surface area contributed by atoms with Crippen LogP contribution in [-0.4, -0.2) is 17.8 Å². The molecule has 1 unspecified atom stereocenters. The van der Waals surface area contributed by atoms with Gasteiger partial charge in [0.05, 0.1) is 12.5 Å². The molecule has 0 aromatic heterocycles. The summed E-state index contributed by atoms with van der Waals surface area (Å²) in [5.41, 5.74) is 7.39. The molecule has 0 heterocycles. The zero-order valence-corrected chi connectivity index (χ0v) is 14.5. The Hall–Kier alpha value is -3.35. The van der Waals surface area contributed by atoms with Crippen molar-refractivity contribution in [1.29, 1.82) is 0 Å². The Kier molecular flexibility index (Phi) is 6.73. The molecule has 0 fully saturated rings. The van der Waals surface area contributed by atoms with Crippen molar-refractivity contribution in [2.75, 3.05) is 5.32 Å². The summed E-state index contributed by atoms with van der Waals surface area (Å²) in [5.74, 6) is -0.365. The Morgan fingerprint density at radius 3 is 2.23 bits per heavy atom. The molecule has 4 amide bonds. The first kappa shape index (κ1) is 19.0. The SMILES string of the molecule is CC(=O)NC(CC(=O)NCc1ccc(NC(N)=O)cc1)c1ccccc1. The third-order valence-corrected chi connectivity index (χ3v) is 3.68. The van der Waals surface area contributed by atoms with Gasteiger partial charge in [0.15, 0.2) is 0 Å². The molecule has 0 saturated carbocycles. The minimum absolute atomic E-state index is 0.144. The highest BCUT2D eigenvalue weighted by Gasteiger charge is 2.16. The van der Waals surface area contributed by atoms with E-state index in [4.69, 9.17) is 5.73 Å². The molecule has 2 aromatic carbocycles. The first-order valence-corrected chi connectivity index (χ1v) is 8.18. The number of carbonyl (C=O) groups is 3. The lowest BCUT2D eigenvalue weighted by Crippen LogP contribution is -2.32. The van der Waals surface area contributed by atoms with Gasteiger partial charge in [-0.25, -0.2) is 4.79 Å². The van der Waals surface area contributed by atoms with Crippen LogP contribution in [0.25, 0.3) is 0 Å². The van der Waals surface area contributed by atoms with Crippen LogP contribution in [0.4, 0.5) is 10.5 Å². The first-order valence-electron chi connectivity index (χ1n) is 8.18. The van der Waals surface area contributed by atoms with E-state index in [9.17, 15) is 14.4 Å². The van der Waals surface area contributed by atoms with Crippen LogP contribution in [0.5, 0.6) is 0 Å². The second-order valence-electron chi connectivity index (χ2n) is 5.83. The number of amides is 4. The van der Waals surface area contributed by atoms with Crippen LogP contribution in [0.15, 0.2) is 54.6 Å². The van der Waals surface area contributed by atoms with Gasteiger partial charge in [0.25, 0.3) is 0 Å². The summed E-state index contributed by atoms with van der Waals surface area (Å²) in [6.07, 6.45) is 0.144. The number of hydrogen-bond acceptors (Lipinski definition) is 3. The van der Waals surface area contributed by atoms with Crippen molar-refractivity contribution in [2.24, 2.45) is 5.73 Å². The second kappa shape index (κ2) is 9.22. The highest BCUT2D eigenvalue weighted by molar-refractivity contribution is 5.87.